The Morgan fingerprint density at radius 3 is 2.47 bits per heavy atom. The van der Waals surface area contributed by atoms with Gasteiger partial charge in [-0.15, -0.1) is 12.4 Å². The van der Waals surface area contributed by atoms with E-state index in [0.29, 0.717) is 40.2 Å². The molecule has 1 fully saturated rings. The molecular weight excluding hydrogens is 484 g/mol. The first-order chi connectivity index (χ1) is 16.9. The van der Waals surface area contributed by atoms with Gasteiger partial charge >= 0.3 is 5.97 Å². The number of fused-ring (bicyclic) bond motifs is 1. The Labute approximate surface area is 216 Å². The van der Waals surface area contributed by atoms with E-state index in [2.05, 4.69) is 9.88 Å². The van der Waals surface area contributed by atoms with Gasteiger partial charge in [-0.25, -0.2) is 4.79 Å². The van der Waals surface area contributed by atoms with Gasteiger partial charge < -0.3 is 19.3 Å². The maximum Gasteiger partial charge on any atom is 0.337 e. The normalized spacial score (nSPS) is 13.4. The summed E-state index contributed by atoms with van der Waals surface area (Å²) in [6.45, 7) is 7.16. The first-order valence-electron chi connectivity index (χ1n) is 11.8. The number of ketones is 1. The van der Waals surface area contributed by atoms with E-state index in [1.54, 1.807) is 36.4 Å². The molecule has 0 unspecified atom stereocenters. The summed E-state index contributed by atoms with van der Waals surface area (Å²) in [6.07, 6.45) is 3.56. The summed E-state index contributed by atoms with van der Waals surface area (Å²) in [4.78, 5) is 32.0. The molecule has 2 heterocycles. The van der Waals surface area contributed by atoms with Crippen LogP contribution in [0, 0.1) is 0 Å². The van der Waals surface area contributed by atoms with Gasteiger partial charge in [0.05, 0.1) is 18.8 Å². The maximum absolute atomic E-state index is 13.4. The number of carboxylic acid groups (broad SMARTS) is 1. The van der Waals surface area contributed by atoms with Crippen molar-refractivity contribution in [1.82, 2.24) is 9.88 Å². The first-order valence-corrected chi connectivity index (χ1v) is 11.8. The third-order valence-corrected chi connectivity index (χ3v) is 5.95. The number of carboxylic acids is 1. The lowest BCUT2D eigenvalue weighted by atomic mass is 9.99. The van der Waals surface area contributed by atoms with Crippen molar-refractivity contribution in [3.05, 3.63) is 59.4 Å². The molecule has 36 heavy (non-hydrogen) atoms. The minimum Gasteiger partial charge on any atom is -0.493 e. The summed E-state index contributed by atoms with van der Waals surface area (Å²) >= 11 is 0. The van der Waals surface area contributed by atoms with Crippen LogP contribution in [0.15, 0.2) is 42.6 Å². The van der Waals surface area contributed by atoms with Crippen molar-refractivity contribution in [3.63, 3.8) is 0 Å². The number of aromatic carboxylic acids is 1. The maximum atomic E-state index is 13.4. The fraction of sp³-hybridized carbons (Fsp3) is 0.370. The highest BCUT2D eigenvalue weighted by atomic mass is 35.5. The molecule has 0 aliphatic carbocycles. The van der Waals surface area contributed by atoms with Crippen molar-refractivity contribution in [2.45, 2.75) is 32.8 Å². The summed E-state index contributed by atoms with van der Waals surface area (Å²) in [5.74, 6) is -0.0654. The molecule has 0 saturated carbocycles. The molecule has 0 amide bonds. The Morgan fingerprint density at radius 2 is 1.81 bits per heavy atom. The third kappa shape index (κ3) is 6.06. The Hall–Kier alpha value is -3.36. The number of methoxy groups -OCH3 is 1. The topological polar surface area (TPSA) is 98.2 Å². The number of halogens is 1. The number of pyridine rings is 1. The summed E-state index contributed by atoms with van der Waals surface area (Å²) in [5.41, 5.74) is 0.513. The molecule has 4 rings (SSSR count). The largest absolute Gasteiger partial charge is 0.493 e. The van der Waals surface area contributed by atoms with Crippen LogP contribution in [0.3, 0.4) is 0 Å². The number of nitrogens with zero attached hydrogens (tertiary/aromatic N) is 2. The number of carbonyl (C=O) groups excluding carboxylic acids is 1. The number of hydrogen-bond donors (Lipinski definition) is 1. The van der Waals surface area contributed by atoms with Crippen LogP contribution in [0.4, 0.5) is 0 Å². The van der Waals surface area contributed by atoms with Crippen molar-refractivity contribution in [2.75, 3.05) is 33.4 Å². The van der Waals surface area contributed by atoms with Gasteiger partial charge in [-0.3, -0.25) is 14.7 Å². The van der Waals surface area contributed by atoms with Crippen molar-refractivity contribution >= 4 is 34.9 Å². The fourth-order valence-corrected chi connectivity index (χ4v) is 4.28. The predicted octanol–water partition coefficient (Wildman–Crippen LogP) is 4.86. The lowest BCUT2D eigenvalue weighted by Gasteiger charge is -2.17. The molecule has 0 spiro atoms. The Balaban J connectivity index is 0.00000361. The molecule has 1 saturated heterocycles. The van der Waals surface area contributed by atoms with E-state index in [-0.39, 0.29) is 35.6 Å². The molecule has 2 aromatic carbocycles. The van der Waals surface area contributed by atoms with Crippen LogP contribution in [-0.2, 0) is 0 Å². The van der Waals surface area contributed by atoms with Gasteiger partial charge in [0.15, 0.2) is 11.5 Å². The van der Waals surface area contributed by atoms with Gasteiger partial charge in [0, 0.05) is 29.1 Å². The van der Waals surface area contributed by atoms with Crippen LogP contribution in [0.5, 0.6) is 17.2 Å². The molecule has 0 radical (unpaired) electrons. The summed E-state index contributed by atoms with van der Waals surface area (Å²) < 4.78 is 17.2. The van der Waals surface area contributed by atoms with Crippen LogP contribution in [0.25, 0.3) is 10.8 Å². The average Bonchev–Trinajstić information content (AvgIpc) is 3.35. The van der Waals surface area contributed by atoms with Crippen LogP contribution in [0.1, 0.15) is 53.1 Å². The Kier molecular flexibility index (Phi) is 9.12. The van der Waals surface area contributed by atoms with E-state index >= 15 is 0 Å². The van der Waals surface area contributed by atoms with Crippen LogP contribution in [-0.4, -0.2) is 66.2 Å². The second-order valence-electron chi connectivity index (χ2n) is 8.80. The standard InChI is InChI=1S/C27H30N2O6.ClH/c1-17(2)35-19-8-6-7-18(13-19)26(30)25-21-15-23(33-3)24(34-12-11-29-9-4-5-10-29)14-20(21)22(16-28-25)27(31)32;/h6-8,13-17H,4-5,9-12H2,1-3H3,(H,31,32);1H. The van der Waals surface area contributed by atoms with Gasteiger partial charge in [0.1, 0.15) is 18.1 Å². The van der Waals surface area contributed by atoms with E-state index in [1.807, 2.05) is 13.8 Å². The smallest absolute Gasteiger partial charge is 0.337 e. The van der Waals surface area contributed by atoms with E-state index in [0.717, 1.165) is 19.6 Å². The number of rotatable bonds is 10. The molecule has 1 N–H and O–H groups in total. The van der Waals surface area contributed by atoms with E-state index in [1.165, 1.54) is 26.1 Å². The zero-order valence-electron chi connectivity index (χ0n) is 20.7. The molecule has 8 nitrogen and oxygen atoms in total. The molecule has 0 bridgehead atoms. The van der Waals surface area contributed by atoms with Crippen molar-refractivity contribution < 1.29 is 28.9 Å². The molecule has 1 aliphatic rings. The van der Waals surface area contributed by atoms with Gasteiger partial charge in [-0.05, 0) is 64.0 Å². The van der Waals surface area contributed by atoms with Crippen LogP contribution in [0.2, 0.25) is 0 Å². The molecule has 0 atom stereocenters. The van der Waals surface area contributed by atoms with Crippen molar-refractivity contribution in [1.29, 1.82) is 0 Å². The summed E-state index contributed by atoms with van der Waals surface area (Å²) in [6, 6.07) is 10.1. The second kappa shape index (κ2) is 12.1. The van der Waals surface area contributed by atoms with Gasteiger partial charge in [-0.2, -0.15) is 0 Å². The van der Waals surface area contributed by atoms with Crippen LogP contribution >= 0.6 is 12.4 Å². The number of aromatic nitrogens is 1. The predicted molar refractivity (Wildman–Crippen MR) is 139 cm³/mol. The number of benzene rings is 2. The fourth-order valence-electron chi connectivity index (χ4n) is 4.28. The molecule has 1 aliphatic heterocycles. The zero-order valence-corrected chi connectivity index (χ0v) is 21.5. The Morgan fingerprint density at radius 1 is 1.08 bits per heavy atom. The minimum absolute atomic E-state index is 0. The second-order valence-corrected chi connectivity index (χ2v) is 8.80. The average molecular weight is 515 g/mol. The molecule has 9 heteroatoms. The minimum atomic E-state index is -1.14. The lowest BCUT2D eigenvalue weighted by molar-refractivity contribution is 0.0698. The molecule has 192 valence electrons. The molecule has 3 aromatic rings. The summed E-state index contributed by atoms with van der Waals surface area (Å²) in [5, 5.41) is 10.5. The van der Waals surface area contributed by atoms with Crippen molar-refractivity contribution in [2.24, 2.45) is 0 Å². The first kappa shape index (κ1) is 27.2. The van der Waals surface area contributed by atoms with E-state index in [9.17, 15) is 14.7 Å². The summed E-state index contributed by atoms with van der Waals surface area (Å²) in [7, 11) is 1.51. The lowest BCUT2D eigenvalue weighted by Crippen LogP contribution is -2.25. The van der Waals surface area contributed by atoms with E-state index in [4.69, 9.17) is 14.2 Å². The number of likely N-dealkylation sites (tertiary alicyclic amines) is 1. The quantitative estimate of drug-likeness (QED) is 0.383. The highest BCUT2D eigenvalue weighted by molar-refractivity contribution is 6.18. The van der Waals surface area contributed by atoms with Crippen molar-refractivity contribution in [3.8, 4) is 17.2 Å². The third-order valence-electron chi connectivity index (χ3n) is 5.95. The monoisotopic (exact) mass is 514 g/mol. The SMILES string of the molecule is COc1cc2c(C(=O)c3cccc(OC(C)C)c3)ncc(C(=O)O)c2cc1OCCN1CCCC1.Cl. The number of carbonyl (C=O) groups is 2. The van der Waals surface area contributed by atoms with E-state index < -0.39 is 5.97 Å². The number of ether oxygens (including phenoxy) is 3. The Bertz CT molecular complexity index is 1240. The molecular formula is C27H31ClN2O6. The van der Waals surface area contributed by atoms with Crippen LogP contribution < -0.4 is 14.2 Å². The zero-order chi connectivity index (χ0) is 24.9. The number of hydrogen-bond acceptors (Lipinski definition) is 7. The van der Waals surface area contributed by atoms with Gasteiger partial charge in [0.25, 0.3) is 0 Å². The molecule has 1 aromatic heterocycles. The highest BCUT2D eigenvalue weighted by Crippen LogP contribution is 2.36. The van der Waals surface area contributed by atoms with Gasteiger partial charge in [0.2, 0.25) is 5.78 Å². The highest BCUT2D eigenvalue weighted by Gasteiger charge is 2.22. The van der Waals surface area contributed by atoms with Gasteiger partial charge in [-0.1, -0.05) is 12.1 Å².